The van der Waals surface area contributed by atoms with Crippen LogP contribution in [0.1, 0.15) is 23.7 Å². The maximum atomic E-state index is 12.2. The first kappa shape index (κ1) is 15.8. The molecule has 1 atom stereocenters. The molecule has 0 fully saturated rings. The SMILES string of the molecule is CC(CC(=O)O)NC(=O)c1ccccc1OC(F)(F)F. The Morgan fingerprint density at radius 2 is 1.95 bits per heavy atom. The molecule has 0 saturated carbocycles. The fourth-order valence-corrected chi connectivity index (χ4v) is 1.48. The van der Waals surface area contributed by atoms with Crippen molar-refractivity contribution in [3.63, 3.8) is 0 Å². The second-order valence-corrected chi connectivity index (χ2v) is 4.02. The van der Waals surface area contributed by atoms with Gasteiger partial charge in [0, 0.05) is 6.04 Å². The number of para-hydroxylation sites is 1. The first-order valence-electron chi connectivity index (χ1n) is 5.56. The number of benzene rings is 1. The van der Waals surface area contributed by atoms with Gasteiger partial charge in [-0.3, -0.25) is 9.59 Å². The first-order valence-corrected chi connectivity index (χ1v) is 5.56. The molecule has 0 aliphatic rings. The van der Waals surface area contributed by atoms with Crippen LogP contribution in [0.15, 0.2) is 24.3 Å². The van der Waals surface area contributed by atoms with Crippen LogP contribution in [0.5, 0.6) is 5.75 Å². The number of halogens is 3. The molecule has 2 N–H and O–H groups in total. The quantitative estimate of drug-likeness (QED) is 0.872. The highest BCUT2D eigenvalue weighted by molar-refractivity contribution is 5.97. The number of hydrogen-bond donors (Lipinski definition) is 2. The molecule has 20 heavy (non-hydrogen) atoms. The molecule has 1 rings (SSSR count). The second-order valence-electron chi connectivity index (χ2n) is 4.02. The van der Waals surface area contributed by atoms with Crippen LogP contribution in [0.3, 0.4) is 0 Å². The molecule has 0 spiro atoms. The van der Waals surface area contributed by atoms with E-state index >= 15 is 0 Å². The minimum Gasteiger partial charge on any atom is -0.481 e. The van der Waals surface area contributed by atoms with Crippen molar-refractivity contribution in [1.29, 1.82) is 0 Å². The van der Waals surface area contributed by atoms with Gasteiger partial charge in [0.05, 0.1) is 12.0 Å². The highest BCUT2D eigenvalue weighted by Gasteiger charge is 2.32. The molecule has 0 saturated heterocycles. The zero-order valence-electron chi connectivity index (χ0n) is 10.4. The maximum Gasteiger partial charge on any atom is 0.573 e. The topological polar surface area (TPSA) is 75.6 Å². The van der Waals surface area contributed by atoms with Gasteiger partial charge in [0.2, 0.25) is 0 Å². The largest absolute Gasteiger partial charge is 0.573 e. The number of carboxylic acids is 1. The van der Waals surface area contributed by atoms with Crippen LogP contribution in [0.4, 0.5) is 13.2 Å². The summed E-state index contributed by atoms with van der Waals surface area (Å²) in [6, 6.07) is 4.10. The average Bonchev–Trinajstić information content (AvgIpc) is 2.25. The van der Waals surface area contributed by atoms with E-state index in [-0.39, 0.29) is 12.0 Å². The summed E-state index contributed by atoms with van der Waals surface area (Å²) in [6.45, 7) is 1.43. The molecule has 1 aromatic rings. The molecule has 1 amide bonds. The predicted molar refractivity (Wildman–Crippen MR) is 62.3 cm³/mol. The molecule has 0 bridgehead atoms. The van der Waals surface area contributed by atoms with Crippen molar-refractivity contribution in [2.75, 3.05) is 0 Å². The van der Waals surface area contributed by atoms with E-state index in [4.69, 9.17) is 5.11 Å². The Bertz CT molecular complexity index is 502. The molecule has 0 radical (unpaired) electrons. The Hall–Kier alpha value is -2.25. The summed E-state index contributed by atoms with van der Waals surface area (Å²) < 4.78 is 40.3. The number of carboxylic acid groups (broad SMARTS) is 1. The summed E-state index contributed by atoms with van der Waals surface area (Å²) >= 11 is 0. The Labute approximate surface area is 112 Å². The highest BCUT2D eigenvalue weighted by Crippen LogP contribution is 2.26. The van der Waals surface area contributed by atoms with E-state index in [2.05, 4.69) is 10.1 Å². The van der Waals surface area contributed by atoms with Crippen LogP contribution in [0, 0.1) is 0 Å². The van der Waals surface area contributed by atoms with Crippen molar-refractivity contribution in [1.82, 2.24) is 5.32 Å². The summed E-state index contributed by atoms with van der Waals surface area (Å²) in [5.41, 5.74) is -0.318. The Balaban J connectivity index is 2.85. The van der Waals surface area contributed by atoms with Crippen LogP contribution in [0.2, 0.25) is 0 Å². The highest BCUT2D eigenvalue weighted by atomic mass is 19.4. The van der Waals surface area contributed by atoms with Crippen LogP contribution in [0.25, 0.3) is 0 Å². The molecule has 5 nitrogen and oxygen atoms in total. The van der Waals surface area contributed by atoms with E-state index < -0.39 is 30.0 Å². The first-order chi connectivity index (χ1) is 9.19. The lowest BCUT2D eigenvalue weighted by Crippen LogP contribution is -2.34. The minimum absolute atomic E-state index is 0.318. The summed E-state index contributed by atoms with van der Waals surface area (Å²) in [5.74, 6) is -2.60. The Kier molecular flexibility index (Phi) is 4.95. The third-order valence-corrected chi connectivity index (χ3v) is 2.22. The van der Waals surface area contributed by atoms with Crippen molar-refractivity contribution in [3.8, 4) is 5.75 Å². The van der Waals surface area contributed by atoms with Gasteiger partial charge in [-0.25, -0.2) is 0 Å². The van der Waals surface area contributed by atoms with E-state index in [0.29, 0.717) is 0 Å². The Morgan fingerprint density at radius 1 is 1.35 bits per heavy atom. The summed E-state index contributed by atoms with van der Waals surface area (Å²) in [4.78, 5) is 22.2. The third kappa shape index (κ3) is 5.17. The van der Waals surface area contributed by atoms with Crippen LogP contribution in [-0.4, -0.2) is 29.4 Å². The fraction of sp³-hybridized carbons (Fsp3) is 0.333. The number of aliphatic carboxylic acids is 1. The fourth-order valence-electron chi connectivity index (χ4n) is 1.48. The van der Waals surface area contributed by atoms with Gasteiger partial charge in [0.25, 0.3) is 5.91 Å². The summed E-state index contributed by atoms with van der Waals surface area (Å²) in [5, 5.41) is 10.8. The molecule has 1 aromatic carbocycles. The monoisotopic (exact) mass is 291 g/mol. The van der Waals surface area contributed by atoms with Crippen molar-refractivity contribution in [2.45, 2.75) is 25.7 Å². The Morgan fingerprint density at radius 3 is 2.50 bits per heavy atom. The van der Waals surface area contributed by atoms with Gasteiger partial charge in [-0.1, -0.05) is 12.1 Å². The number of amides is 1. The van der Waals surface area contributed by atoms with Gasteiger partial charge in [0.15, 0.2) is 0 Å². The van der Waals surface area contributed by atoms with Crippen LogP contribution in [-0.2, 0) is 4.79 Å². The van der Waals surface area contributed by atoms with Gasteiger partial charge in [-0.15, -0.1) is 13.2 Å². The van der Waals surface area contributed by atoms with Gasteiger partial charge in [-0.2, -0.15) is 0 Å². The number of carbonyl (C=O) groups excluding carboxylic acids is 1. The lowest BCUT2D eigenvalue weighted by atomic mass is 10.1. The lowest BCUT2D eigenvalue weighted by Gasteiger charge is -2.15. The van der Waals surface area contributed by atoms with E-state index in [9.17, 15) is 22.8 Å². The van der Waals surface area contributed by atoms with E-state index in [1.807, 2.05) is 0 Å². The number of hydrogen-bond acceptors (Lipinski definition) is 3. The van der Waals surface area contributed by atoms with E-state index in [0.717, 1.165) is 12.1 Å². The smallest absolute Gasteiger partial charge is 0.481 e. The number of alkyl halides is 3. The van der Waals surface area contributed by atoms with Gasteiger partial charge < -0.3 is 15.2 Å². The van der Waals surface area contributed by atoms with Crippen LogP contribution >= 0.6 is 0 Å². The van der Waals surface area contributed by atoms with Crippen molar-refractivity contribution >= 4 is 11.9 Å². The normalized spacial score (nSPS) is 12.6. The van der Waals surface area contributed by atoms with Crippen molar-refractivity contribution < 1.29 is 32.6 Å². The van der Waals surface area contributed by atoms with E-state index in [1.165, 1.54) is 19.1 Å². The zero-order valence-corrected chi connectivity index (χ0v) is 10.4. The molecule has 1 unspecified atom stereocenters. The zero-order chi connectivity index (χ0) is 15.3. The molecule has 0 heterocycles. The van der Waals surface area contributed by atoms with Crippen LogP contribution < -0.4 is 10.1 Å². The number of carbonyl (C=O) groups is 2. The van der Waals surface area contributed by atoms with Gasteiger partial charge in [0.1, 0.15) is 5.75 Å². The molecule has 110 valence electrons. The average molecular weight is 291 g/mol. The third-order valence-electron chi connectivity index (χ3n) is 2.22. The number of nitrogens with one attached hydrogen (secondary N) is 1. The minimum atomic E-state index is -4.91. The summed E-state index contributed by atoms with van der Waals surface area (Å²) in [6.07, 6.45) is -5.25. The van der Waals surface area contributed by atoms with Crippen molar-refractivity contribution in [2.24, 2.45) is 0 Å². The predicted octanol–water partition coefficient (Wildman–Crippen LogP) is 2.18. The standard InChI is InChI=1S/C12H12F3NO4/c1-7(6-10(17)18)16-11(19)8-4-2-3-5-9(8)20-12(13,14)15/h2-5,7H,6H2,1H3,(H,16,19)(H,17,18). The molecular weight excluding hydrogens is 279 g/mol. The van der Waals surface area contributed by atoms with Gasteiger partial charge in [-0.05, 0) is 19.1 Å². The molecule has 0 aromatic heterocycles. The molecular formula is C12H12F3NO4. The molecule has 0 aliphatic heterocycles. The van der Waals surface area contributed by atoms with Crippen molar-refractivity contribution in [3.05, 3.63) is 29.8 Å². The lowest BCUT2D eigenvalue weighted by molar-refractivity contribution is -0.274. The molecule has 0 aliphatic carbocycles. The number of rotatable bonds is 5. The maximum absolute atomic E-state index is 12.2. The molecule has 8 heteroatoms. The second kappa shape index (κ2) is 6.27. The summed E-state index contributed by atoms with van der Waals surface area (Å²) in [7, 11) is 0. The number of ether oxygens (including phenoxy) is 1. The van der Waals surface area contributed by atoms with Gasteiger partial charge >= 0.3 is 12.3 Å². The van der Waals surface area contributed by atoms with E-state index in [1.54, 1.807) is 0 Å².